The molecule has 30 heavy (non-hydrogen) atoms. The second kappa shape index (κ2) is 11.6. The van der Waals surface area contributed by atoms with Crippen LogP contribution in [0.5, 0.6) is 0 Å². The molecule has 10 nitrogen and oxygen atoms in total. The number of hydrogen-bond donors (Lipinski definition) is 1. The first-order valence-corrected chi connectivity index (χ1v) is 12.3. The molecule has 172 valence electrons. The van der Waals surface area contributed by atoms with Crippen molar-refractivity contribution in [2.75, 3.05) is 51.6 Å². The third kappa shape index (κ3) is 7.51. The van der Waals surface area contributed by atoms with Crippen LogP contribution in [-0.4, -0.2) is 91.5 Å². The van der Waals surface area contributed by atoms with Crippen LogP contribution in [0, 0.1) is 0 Å². The zero-order valence-corrected chi connectivity index (χ0v) is 19.6. The second-order valence-electron chi connectivity index (χ2n) is 7.81. The number of rotatable bonds is 10. The Bertz CT molecular complexity index is 770. The number of sulfonamides is 1. The monoisotopic (exact) mass is 444 g/mol. The van der Waals surface area contributed by atoms with E-state index in [1.807, 2.05) is 34.6 Å². The number of nitrogens with one attached hydrogen (secondary N) is 1. The Balaban J connectivity index is 1.87. The van der Waals surface area contributed by atoms with Crippen molar-refractivity contribution in [2.45, 2.75) is 53.1 Å². The first-order chi connectivity index (χ1) is 14.2. The van der Waals surface area contributed by atoms with Crippen LogP contribution in [0.3, 0.4) is 0 Å². The van der Waals surface area contributed by atoms with Crippen LogP contribution in [0.2, 0.25) is 0 Å². The molecule has 2 rings (SSSR count). The molecule has 1 aromatic heterocycles. The van der Waals surface area contributed by atoms with Crippen LogP contribution >= 0.6 is 0 Å². The smallest absolute Gasteiger partial charge is 0.228 e. The van der Waals surface area contributed by atoms with E-state index in [1.54, 1.807) is 4.31 Å². The van der Waals surface area contributed by atoms with E-state index in [9.17, 15) is 8.42 Å². The van der Waals surface area contributed by atoms with Crippen molar-refractivity contribution in [3.05, 3.63) is 11.7 Å². The maximum Gasteiger partial charge on any atom is 0.228 e. The molecule has 1 fully saturated rings. The molecule has 0 bridgehead atoms. The van der Waals surface area contributed by atoms with Gasteiger partial charge in [-0.05, 0) is 20.8 Å². The molecule has 1 aliphatic rings. The quantitative estimate of drug-likeness (QED) is 0.421. The minimum absolute atomic E-state index is 0.0158. The molecule has 0 aromatic carbocycles. The van der Waals surface area contributed by atoms with Gasteiger partial charge in [0.2, 0.25) is 15.9 Å². The normalized spacial score (nSPS) is 16.6. The Labute approximate surface area is 180 Å². The van der Waals surface area contributed by atoms with E-state index in [0.717, 1.165) is 12.5 Å². The van der Waals surface area contributed by atoms with Crippen LogP contribution in [-0.2, 0) is 21.2 Å². The van der Waals surface area contributed by atoms with Crippen LogP contribution in [0.1, 0.15) is 52.3 Å². The third-order valence-electron chi connectivity index (χ3n) is 4.65. The van der Waals surface area contributed by atoms with Gasteiger partial charge in [-0.15, -0.1) is 0 Å². The van der Waals surface area contributed by atoms with Gasteiger partial charge in [0.15, 0.2) is 11.8 Å². The summed E-state index contributed by atoms with van der Waals surface area (Å²) in [6, 6.07) is 0. The standard InChI is InChI=1S/C19H36N6O4S/c1-6-20-19(21-8-7-17-22-18(15(2)3)23-29-17)24-9-11-25(12-10-24)30(26,27)14-13-28-16(4)5/h15-16H,6-14H2,1-5H3,(H,20,21). The van der Waals surface area contributed by atoms with Gasteiger partial charge in [-0.25, -0.2) is 8.42 Å². The molecular formula is C19H36N6O4S. The summed E-state index contributed by atoms with van der Waals surface area (Å²) in [5, 5.41) is 7.25. The molecular weight excluding hydrogens is 408 g/mol. The van der Waals surface area contributed by atoms with Gasteiger partial charge in [0, 0.05) is 45.1 Å². The molecule has 11 heteroatoms. The van der Waals surface area contributed by atoms with Crippen molar-refractivity contribution in [1.82, 2.24) is 24.7 Å². The van der Waals surface area contributed by atoms with Crippen LogP contribution < -0.4 is 5.32 Å². The highest BCUT2D eigenvalue weighted by Crippen LogP contribution is 2.11. The molecule has 1 aromatic rings. The van der Waals surface area contributed by atoms with E-state index >= 15 is 0 Å². The van der Waals surface area contributed by atoms with Crippen molar-refractivity contribution in [3.8, 4) is 0 Å². The van der Waals surface area contributed by atoms with Gasteiger partial charge in [0.25, 0.3) is 0 Å². The molecule has 0 spiro atoms. The number of aliphatic imine (C=N–C) groups is 1. The molecule has 1 saturated heterocycles. The molecule has 0 aliphatic carbocycles. The molecule has 2 heterocycles. The lowest BCUT2D eigenvalue weighted by atomic mass is 10.2. The summed E-state index contributed by atoms with van der Waals surface area (Å²) in [6.07, 6.45) is 0.596. The van der Waals surface area contributed by atoms with Gasteiger partial charge in [-0.2, -0.15) is 9.29 Å². The molecule has 0 radical (unpaired) electrons. The highest BCUT2D eigenvalue weighted by Gasteiger charge is 2.28. The van der Waals surface area contributed by atoms with Gasteiger partial charge in [0.1, 0.15) is 0 Å². The van der Waals surface area contributed by atoms with Gasteiger partial charge in [0.05, 0.1) is 25.0 Å². The summed E-state index contributed by atoms with van der Waals surface area (Å²) in [5.41, 5.74) is 0. The van der Waals surface area contributed by atoms with Gasteiger partial charge < -0.3 is 19.5 Å². The number of ether oxygens (including phenoxy) is 1. The first-order valence-electron chi connectivity index (χ1n) is 10.7. The number of nitrogens with zero attached hydrogens (tertiary/aromatic N) is 5. The molecule has 1 aliphatic heterocycles. The summed E-state index contributed by atoms with van der Waals surface area (Å²) in [4.78, 5) is 11.1. The van der Waals surface area contributed by atoms with E-state index < -0.39 is 10.0 Å². The molecule has 0 amide bonds. The SMILES string of the molecule is CCNC(=NCCc1nc(C(C)C)no1)N1CCN(S(=O)(=O)CCOC(C)C)CC1. The zero-order valence-electron chi connectivity index (χ0n) is 18.8. The van der Waals surface area contributed by atoms with Crippen molar-refractivity contribution in [2.24, 2.45) is 4.99 Å². The van der Waals surface area contributed by atoms with E-state index in [-0.39, 0.29) is 24.4 Å². The van der Waals surface area contributed by atoms with Crippen molar-refractivity contribution >= 4 is 16.0 Å². The van der Waals surface area contributed by atoms with E-state index in [4.69, 9.17) is 9.26 Å². The molecule has 1 N–H and O–H groups in total. The molecule has 0 atom stereocenters. The van der Waals surface area contributed by atoms with E-state index in [0.29, 0.717) is 50.9 Å². The topological polar surface area (TPSA) is 113 Å². The van der Waals surface area contributed by atoms with E-state index in [2.05, 4.69) is 25.3 Å². The summed E-state index contributed by atoms with van der Waals surface area (Å²) in [6.45, 7) is 13.4. The minimum atomic E-state index is -3.30. The summed E-state index contributed by atoms with van der Waals surface area (Å²) < 4.78 is 37.2. The lowest BCUT2D eigenvalue weighted by Crippen LogP contribution is -2.54. The number of aromatic nitrogens is 2. The fraction of sp³-hybridized carbons (Fsp3) is 0.842. The van der Waals surface area contributed by atoms with Gasteiger partial charge >= 0.3 is 0 Å². The highest BCUT2D eigenvalue weighted by atomic mass is 32.2. The maximum absolute atomic E-state index is 12.5. The molecule has 0 saturated carbocycles. The Morgan fingerprint density at radius 2 is 1.93 bits per heavy atom. The lowest BCUT2D eigenvalue weighted by molar-refractivity contribution is 0.0904. The Hall–Kier alpha value is -1.72. The number of piperazine rings is 1. The maximum atomic E-state index is 12.5. The predicted molar refractivity (Wildman–Crippen MR) is 116 cm³/mol. The van der Waals surface area contributed by atoms with Crippen LogP contribution in [0.15, 0.2) is 9.52 Å². The zero-order chi connectivity index (χ0) is 22.1. The first kappa shape index (κ1) is 24.5. The molecule has 0 unspecified atom stereocenters. The third-order valence-corrected chi connectivity index (χ3v) is 6.48. The van der Waals surface area contributed by atoms with Gasteiger partial charge in [-0.3, -0.25) is 4.99 Å². The highest BCUT2D eigenvalue weighted by molar-refractivity contribution is 7.89. The Morgan fingerprint density at radius 1 is 1.23 bits per heavy atom. The second-order valence-corrected chi connectivity index (χ2v) is 9.90. The van der Waals surface area contributed by atoms with E-state index in [1.165, 1.54) is 0 Å². The largest absolute Gasteiger partial charge is 0.378 e. The summed E-state index contributed by atoms with van der Waals surface area (Å²) in [5.74, 6) is 2.31. The van der Waals surface area contributed by atoms with Crippen LogP contribution in [0.4, 0.5) is 0 Å². The van der Waals surface area contributed by atoms with Gasteiger partial charge in [-0.1, -0.05) is 19.0 Å². The van der Waals surface area contributed by atoms with Crippen LogP contribution in [0.25, 0.3) is 0 Å². The van der Waals surface area contributed by atoms with Crippen molar-refractivity contribution < 1.29 is 17.7 Å². The minimum Gasteiger partial charge on any atom is -0.378 e. The fourth-order valence-corrected chi connectivity index (χ4v) is 4.27. The summed E-state index contributed by atoms with van der Waals surface area (Å²) in [7, 11) is -3.30. The van der Waals surface area contributed by atoms with Crippen molar-refractivity contribution in [1.29, 1.82) is 0 Å². The number of guanidine groups is 1. The summed E-state index contributed by atoms with van der Waals surface area (Å²) >= 11 is 0. The number of hydrogen-bond acceptors (Lipinski definition) is 7. The average Bonchev–Trinajstić information content (AvgIpc) is 3.16. The Kier molecular flexibility index (Phi) is 9.50. The average molecular weight is 445 g/mol. The fourth-order valence-electron chi connectivity index (χ4n) is 2.98. The predicted octanol–water partition coefficient (Wildman–Crippen LogP) is 1.07. The Morgan fingerprint density at radius 3 is 2.50 bits per heavy atom. The lowest BCUT2D eigenvalue weighted by Gasteiger charge is -2.35. The van der Waals surface area contributed by atoms with Crippen molar-refractivity contribution in [3.63, 3.8) is 0 Å².